The van der Waals surface area contributed by atoms with Gasteiger partial charge in [-0.05, 0) is 55.7 Å². The fourth-order valence-corrected chi connectivity index (χ4v) is 2.14. The molecule has 4 heteroatoms. The Kier molecular flexibility index (Phi) is 5.04. The highest BCUT2D eigenvalue weighted by molar-refractivity contribution is 6.06. The second kappa shape index (κ2) is 6.98. The number of benzene rings is 2. The summed E-state index contributed by atoms with van der Waals surface area (Å²) >= 11 is 0. The highest BCUT2D eigenvalue weighted by atomic mass is 16.5. The van der Waals surface area contributed by atoms with Gasteiger partial charge < -0.3 is 15.8 Å². The van der Waals surface area contributed by atoms with Gasteiger partial charge in [-0.15, -0.1) is 0 Å². The molecule has 0 saturated heterocycles. The average Bonchev–Trinajstić information content (AvgIpc) is 2.49. The Morgan fingerprint density at radius 1 is 1.18 bits per heavy atom. The third-order valence-electron chi connectivity index (χ3n) is 3.35. The van der Waals surface area contributed by atoms with Gasteiger partial charge in [0.25, 0.3) is 5.91 Å². The smallest absolute Gasteiger partial charge is 0.256 e. The van der Waals surface area contributed by atoms with Crippen molar-refractivity contribution in [2.24, 2.45) is 0 Å². The number of aryl methyl sites for hydroxylation is 2. The van der Waals surface area contributed by atoms with Crippen molar-refractivity contribution in [3.63, 3.8) is 0 Å². The first-order valence-corrected chi connectivity index (χ1v) is 7.42. The molecule has 0 aromatic heterocycles. The standard InChI is InChI=1S/C18H22N2O2/c1-4-9-22-17-10-12(2)5-8-16(17)20-18(21)15-11-14(19)7-6-13(15)3/h5-8,10-11H,4,9,19H2,1-3H3,(H,20,21). The molecular weight excluding hydrogens is 276 g/mol. The van der Waals surface area contributed by atoms with Crippen LogP contribution >= 0.6 is 0 Å². The molecular formula is C18H22N2O2. The number of carbonyl (C=O) groups excluding carboxylic acids is 1. The molecule has 1 amide bonds. The highest BCUT2D eigenvalue weighted by Crippen LogP contribution is 2.27. The van der Waals surface area contributed by atoms with Crippen molar-refractivity contribution in [3.8, 4) is 5.75 Å². The average molecular weight is 298 g/mol. The second-order valence-corrected chi connectivity index (χ2v) is 5.38. The number of rotatable bonds is 5. The van der Waals surface area contributed by atoms with Crippen LogP contribution in [-0.4, -0.2) is 12.5 Å². The Labute approximate surface area is 131 Å². The van der Waals surface area contributed by atoms with Crippen molar-refractivity contribution in [2.45, 2.75) is 27.2 Å². The first-order chi connectivity index (χ1) is 10.5. The number of nitrogens with one attached hydrogen (secondary N) is 1. The Balaban J connectivity index is 2.26. The van der Waals surface area contributed by atoms with Crippen molar-refractivity contribution in [2.75, 3.05) is 17.7 Å². The summed E-state index contributed by atoms with van der Waals surface area (Å²) in [4.78, 5) is 12.5. The van der Waals surface area contributed by atoms with Gasteiger partial charge in [-0.2, -0.15) is 0 Å². The molecule has 2 aromatic rings. The van der Waals surface area contributed by atoms with E-state index in [0.29, 0.717) is 29.3 Å². The summed E-state index contributed by atoms with van der Waals surface area (Å²) in [5.41, 5.74) is 9.56. The van der Waals surface area contributed by atoms with Gasteiger partial charge in [-0.1, -0.05) is 19.1 Å². The predicted octanol–water partition coefficient (Wildman–Crippen LogP) is 3.93. The van der Waals surface area contributed by atoms with Gasteiger partial charge in [0.2, 0.25) is 0 Å². The summed E-state index contributed by atoms with van der Waals surface area (Å²) in [7, 11) is 0. The number of nitrogen functional groups attached to an aromatic ring is 1. The topological polar surface area (TPSA) is 64.3 Å². The van der Waals surface area contributed by atoms with E-state index >= 15 is 0 Å². The van der Waals surface area contributed by atoms with Crippen molar-refractivity contribution in [1.29, 1.82) is 0 Å². The lowest BCUT2D eigenvalue weighted by Crippen LogP contribution is -2.15. The second-order valence-electron chi connectivity index (χ2n) is 5.38. The first-order valence-electron chi connectivity index (χ1n) is 7.42. The molecule has 0 atom stereocenters. The van der Waals surface area contributed by atoms with Crippen LogP contribution in [0.1, 0.15) is 34.8 Å². The predicted molar refractivity (Wildman–Crippen MR) is 90.5 cm³/mol. The molecule has 0 saturated carbocycles. The molecule has 0 spiro atoms. The van der Waals surface area contributed by atoms with E-state index in [1.165, 1.54) is 0 Å². The van der Waals surface area contributed by atoms with Crippen LogP contribution in [0.4, 0.5) is 11.4 Å². The summed E-state index contributed by atoms with van der Waals surface area (Å²) in [6, 6.07) is 11.0. The van der Waals surface area contributed by atoms with Gasteiger partial charge in [-0.25, -0.2) is 0 Å². The quantitative estimate of drug-likeness (QED) is 0.822. The van der Waals surface area contributed by atoms with Crippen LogP contribution in [-0.2, 0) is 0 Å². The van der Waals surface area contributed by atoms with Gasteiger partial charge >= 0.3 is 0 Å². The molecule has 116 valence electrons. The summed E-state index contributed by atoms with van der Waals surface area (Å²) in [6.07, 6.45) is 0.912. The van der Waals surface area contributed by atoms with Crippen LogP contribution < -0.4 is 15.8 Å². The number of hydrogen-bond acceptors (Lipinski definition) is 3. The molecule has 0 fully saturated rings. The number of carbonyl (C=O) groups is 1. The zero-order chi connectivity index (χ0) is 16.1. The third kappa shape index (κ3) is 3.79. The first kappa shape index (κ1) is 15.9. The van der Waals surface area contributed by atoms with E-state index < -0.39 is 0 Å². The van der Waals surface area contributed by atoms with Crippen molar-refractivity contribution < 1.29 is 9.53 Å². The zero-order valence-electron chi connectivity index (χ0n) is 13.3. The maximum atomic E-state index is 12.5. The molecule has 0 bridgehead atoms. The van der Waals surface area contributed by atoms with Gasteiger partial charge in [0.15, 0.2) is 0 Å². The highest BCUT2D eigenvalue weighted by Gasteiger charge is 2.12. The van der Waals surface area contributed by atoms with Gasteiger partial charge in [-0.3, -0.25) is 4.79 Å². The lowest BCUT2D eigenvalue weighted by molar-refractivity contribution is 0.102. The molecule has 0 aliphatic rings. The van der Waals surface area contributed by atoms with E-state index in [0.717, 1.165) is 17.5 Å². The van der Waals surface area contributed by atoms with Crippen LogP contribution in [0, 0.1) is 13.8 Å². The van der Waals surface area contributed by atoms with E-state index in [9.17, 15) is 4.79 Å². The fourth-order valence-electron chi connectivity index (χ4n) is 2.14. The molecule has 3 N–H and O–H groups in total. The van der Waals surface area contributed by atoms with Crippen LogP contribution in [0.25, 0.3) is 0 Å². The molecule has 0 aliphatic heterocycles. The monoisotopic (exact) mass is 298 g/mol. The molecule has 0 heterocycles. The Bertz CT molecular complexity index is 681. The van der Waals surface area contributed by atoms with Gasteiger partial charge in [0.05, 0.1) is 12.3 Å². The minimum absolute atomic E-state index is 0.185. The van der Waals surface area contributed by atoms with E-state index in [-0.39, 0.29) is 5.91 Å². The van der Waals surface area contributed by atoms with Gasteiger partial charge in [0.1, 0.15) is 5.75 Å². The van der Waals surface area contributed by atoms with Crippen molar-refractivity contribution in [3.05, 3.63) is 53.1 Å². The zero-order valence-corrected chi connectivity index (χ0v) is 13.3. The van der Waals surface area contributed by atoms with E-state index in [1.807, 2.05) is 45.0 Å². The summed E-state index contributed by atoms with van der Waals surface area (Å²) < 4.78 is 5.72. The molecule has 0 radical (unpaired) electrons. The number of anilines is 2. The number of nitrogens with two attached hydrogens (primary N) is 1. The Morgan fingerprint density at radius 2 is 1.95 bits per heavy atom. The van der Waals surface area contributed by atoms with Crippen molar-refractivity contribution in [1.82, 2.24) is 0 Å². The van der Waals surface area contributed by atoms with E-state index in [4.69, 9.17) is 10.5 Å². The number of amides is 1. The van der Waals surface area contributed by atoms with Crippen LogP contribution in [0.3, 0.4) is 0 Å². The summed E-state index contributed by atoms with van der Waals surface area (Å²) in [6.45, 7) is 6.54. The third-order valence-corrected chi connectivity index (χ3v) is 3.35. The molecule has 2 rings (SSSR count). The minimum Gasteiger partial charge on any atom is -0.491 e. The largest absolute Gasteiger partial charge is 0.491 e. The number of ether oxygens (including phenoxy) is 1. The molecule has 0 unspecified atom stereocenters. The molecule has 0 aliphatic carbocycles. The lowest BCUT2D eigenvalue weighted by atomic mass is 10.1. The number of hydrogen-bond donors (Lipinski definition) is 2. The minimum atomic E-state index is -0.185. The normalized spacial score (nSPS) is 10.3. The summed E-state index contributed by atoms with van der Waals surface area (Å²) in [5.74, 6) is 0.506. The van der Waals surface area contributed by atoms with E-state index in [1.54, 1.807) is 12.1 Å². The van der Waals surface area contributed by atoms with Gasteiger partial charge in [0, 0.05) is 11.3 Å². The Hall–Kier alpha value is -2.49. The lowest BCUT2D eigenvalue weighted by Gasteiger charge is -2.14. The van der Waals surface area contributed by atoms with E-state index in [2.05, 4.69) is 5.32 Å². The maximum absolute atomic E-state index is 12.5. The molecule has 2 aromatic carbocycles. The van der Waals surface area contributed by atoms with Crippen LogP contribution in [0.2, 0.25) is 0 Å². The SMILES string of the molecule is CCCOc1cc(C)ccc1NC(=O)c1cc(N)ccc1C. The van der Waals surface area contributed by atoms with Crippen LogP contribution in [0.5, 0.6) is 5.75 Å². The molecule has 4 nitrogen and oxygen atoms in total. The maximum Gasteiger partial charge on any atom is 0.256 e. The summed E-state index contributed by atoms with van der Waals surface area (Å²) in [5, 5.41) is 2.91. The fraction of sp³-hybridized carbons (Fsp3) is 0.278. The van der Waals surface area contributed by atoms with Crippen molar-refractivity contribution >= 4 is 17.3 Å². The van der Waals surface area contributed by atoms with Crippen LogP contribution in [0.15, 0.2) is 36.4 Å². The molecule has 22 heavy (non-hydrogen) atoms. The Morgan fingerprint density at radius 3 is 2.68 bits per heavy atom.